The lowest BCUT2D eigenvalue weighted by atomic mass is 9.85. The van der Waals surface area contributed by atoms with E-state index in [4.69, 9.17) is 4.74 Å². The molecule has 166 valence electrons. The van der Waals surface area contributed by atoms with Crippen molar-refractivity contribution in [2.24, 2.45) is 0 Å². The Morgan fingerprint density at radius 3 is 2.35 bits per heavy atom. The van der Waals surface area contributed by atoms with Crippen LogP contribution in [0.1, 0.15) is 38.7 Å². The molecular weight excluding hydrogens is 416 g/mol. The topological polar surface area (TPSA) is 92.8 Å². The molecule has 1 heterocycles. The minimum absolute atomic E-state index is 0.0335. The summed E-state index contributed by atoms with van der Waals surface area (Å²) in [4.78, 5) is 26.9. The molecule has 8 heteroatoms. The minimum atomic E-state index is -4.06. The van der Waals surface area contributed by atoms with E-state index in [0.29, 0.717) is 25.3 Å². The summed E-state index contributed by atoms with van der Waals surface area (Å²) in [5, 5.41) is 0. The number of amides is 2. The molecule has 2 aromatic rings. The van der Waals surface area contributed by atoms with Crippen LogP contribution >= 0.6 is 0 Å². The van der Waals surface area contributed by atoms with Gasteiger partial charge in [-0.1, -0.05) is 43.7 Å². The van der Waals surface area contributed by atoms with Crippen molar-refractivity contribution >= 4 is 21.8 Å². The molecule has 1 unspecified atom stereocenters. The molecule has 7 nitrogen and oxygen atoms in total. The van der Waals surface area contributed by atoms with Crippen LogP contribution in [0.25, 0.3) is 0 Å². The molecule has 1 N–H and O–H groups in total. The Morgan fingerprint density at radius 1 is 1.10 bits per heavy atom. The molecule has 0 aliphatic carbocycles. The van der Waals surface area contributed by atoms with Gasteiger partial charge >= 0.3 is 0 Å². The Labute approximate surface area is 183 Å². The predicted octanol–water partition coefficient (Wildman–Crippen LogP) is 2.90. The Kier molecular flexibility index (Phi) is 7.00. The first-order valence-electron chi connectivity index (χ1n) is 10.4. The molecule has 3 rings (SSSR count). The highest BCUT2D eigenvalue weighted by molar-refractivity contribution is 7.90. The van der Waals surface area contributed by atoms with E-state index in [0.717, 1.165) is 18.4 Å². The van der Waals surface area contributed by atoms with Gasteiger partial charge in [0.1, 0.15) is 11.3 Å². The quantitative estimate of drug-likeness (QED) is 0.601. The highest BCUT2D eigenvalue weighted by atomic mass is 32.2. The van der Waals surface area contributed by atoms with Gasteiger partial charge in [0.2, 0.25) is 5.91 Å². The van der Waals surface area contributed by atoms with Crippen LogP contribution in [0.4, 0.5) is 0 Å². The van der Waals surface area contributed by atoms with Crippen LogP contribution in [0.3, 0.4) is 0 Å². The number of sulfonamides is 1. The van der Waals surface area contributed by atoms with Gasteiger partial charge in [-0.15, -0.1) is 0 Å². The van der Waals surface area contributed by atoms with E-state index in [9.17, 15) is 18.0 Å². The van der Waals surface area contributed by atoms with Crippen LogP contribution in [0.15, 0.2) is 59.5 Å². The maximum absolute atomic E-state index is 12.8. The maximum Gasteiger partial charge on any atom is 0.264 e. The van der Waals surface area contributed by atoms with Crippen LogP contribution in [0.5, 0.6) is 5.75 Å². The fourth-order valence-corrected chi connectivity index (χ4v) is 4.48. The Balaban J connectivity index is 1.64. The normalized spacial score (nSPS) is 18.2. The summed E-state index contributed by atoms with van der Waals surface area (Å²) in [7, 11) is -4.06. The Bertz CT molecular complexity index is 1020. The summed E-state index contributed by atoms with van der Waals surface area (Å²) in [6.45, 7) is 4.62. The number of benzene rings is 2. The molecule has 1 saturated heterocycles. The highest BCUT2D eigenvalue weighted by Gasteiger charge is 2.50. The third-order valence-electron chi connectivity index (χ3n) is 5.53. The van der Waals surface area contributed by atoms with Gasteiger partial charge in [-0.25, -0.2) is 13.1 Å². The van der Waals surface area contributed by atoms with Gasteiger partial charge in [0.15, 0.2) is 0 Å². The number of unbranched alkanes of at least 4 members (excludes halogenated alkanes) is 1. The number of ether oxygens (including phenoxy) is 1. The third kappa shape index (κ3) is 5.25. The largest absolute Gasteiger partial charge is 0.494 e. The van der Waals surface area contributed by atoms with Gasteiger partial charge in [-0.2, -0.15) is 0 Å². The van der Waals surface area contributed by atoms with E-state index in [2.05, 4.69) is 11.6 Å². The fraction of sp³-hybridized carbons (Fsp3) is 0.391. The monoisotopic (exact) mass is 444 g/mol. The summed E-state index contributed by atoms with van der Waals surface area (Å²) in [6.07, 6.45) is 2.48. The van der Waals surface area contributed by atoms with Crippen molar-refractivity contribution < 1.29 is 22.7 Å². The molecule has 0 spiro atoms. The predicted molar refractivity (Wildman–Crippen MR) is 117 cm³/mol. The second-order valence-electron chi connectivity index (χ2n) is 7.84. The number of nitrogens with zero attached hydrogens (tertiary/aromatic N) is 1. The summed E-state index contributed by atoms with van der Waals surface area (Å²) in [5.74, 6) is -0.341. The molecule has 0 bridgehead atoms. The Morgan fingerprint density at radius 2 is 1.77 bits per heavy atom. The minimum Gasteiger partial charge on any atom is -0.494 e. The van der Waals surface area contributed by atoms with Gasteiger partial charge in [-0.3, -0.25) is 9.59 Å². The molecule has 1 aliphatic heterocycles. The van der Waals surface area contributed by atoms with E-state index in [-0.39, 0.29) is 17.2 Å². The van der Waals surface area contributed by atoms with Gasteiger partial charge in [0.25, 0.3) is 15.9 Å². The van der Waals surface area contributed by atoms with Gasteiger partial charge in [0, 0.05) is 6.54 Å². The molecule has 0 radical (unpaired) electrons. The van der Waals surface area contributed by atoms with Crippen LogP contribution in [-0.2, 0) is 26.0 Å². The molecule has 2 amide bonds. The number of carbonyl (C=O) groups excluding carboxylic acids is 2. The van der Waals surface area contributed by atoms with E-state index < -0.39 is 21.5 Å². The van der Waals surface area contributed by atoms with Crippen molar-refractivity contribution in [3.8, 4) is 5.75 Å². The number of carbonyl (C=O) groups is 2. The molecule has 1 aliphatic rings. The van der Waals surface area contributed by atoms with Crippen molar-refractivity contribution in [2.45, 2.75) is 50.0 Å². The smallest absolute Gasteiger partial charge is 0.264 e. The molecule has 0 saturated carbocycles. The first kappa shape index (κ1) is 22.8. The number of likely N-dealkylation sites (tertiary alicyclic amines) is 1. The standard InChI is InChI=1S/C23H28N2O5S/c1-3-4-16-30-19-10-12-20(13-11-19)31(28,29)24-22(27)23(2)14-15-25(23)21(26)17-18-8-6-5-7-9-18/h5-13H,3-4,14-17H2,1-2H3,(H,24,27). The second-order valence-corrected chi connectivity index (χ2v) is 9.52. The zero-order valence-electron chi connectivity index (χ0n) is 17.8. The van der Waals surface area contributed by atoms with E-state index >= 15 is 0 Å². The lowest BCUT2D eigenvalue weighted by Gasteiger charge is -2.49. The zero-order chi connectivity index (χ0) is 22.5. The average molecular weight is 445 g/mol. The van der Waals surface area contributed by atoms with E-state index in [1.165, 1.54) is 17.0 Å². The van der Waals surface area contributed by atoms with Crippen molar-refractivity contribution in [2.75, 3.05) is 13.2 Å². The third-order valence-corrected chi connectivity index (χ3v) is 6.88. The number of rotatable bonds is 9. The van der Waals surface area contributed by atoms with Crippen molar-refractivity contribution in [3.63, 3.8) is 0 Å². The summed E-state index contributed by atoms with van der Waals surface area (Å²) in [6, 6.07) is 15.2. The van der Waals surface area contributed by atoms with Crippen LogP contribution < -0.4 is 9.46 Å². The zero-order valence-corrected chi connectivity index (χ0v) is 18.7. The maximum atomic E-state index is 12.8. The number of nitrogens with one attached hydrogen (secondary N) is 1. The summed E-state index contributed by atoms with van der Waals surface area (Å²) >= 11 is 0. The van der Waals surface area contributed by atoms with Crippen molar-refractivity contribution in [3.05, 3.63) is 60.2 Å². The fourth-order valence-electron chi connectivity index (χ4n) is 3.40. The molecule has 2 aromatic carbocycles. The summed E-state index contributed by atoms with van der Waals surface area (Å²) in [5.41, 5.74) is -0.349. The number of hydrogen-bond acceptors (Lipinski definition) is 5. The van der Waals surface area contributed by atoms with Crippen LogP contribution in [0, 0.1) is 0 Å². The lowest BCUT2D eigenvalue weighted by Crippen LogP contribution is -2.68. The SMILES string of the molecule is CCCCOc1ccc(S(=O)(=O)NC(=O)C2(C)CCN2C(=O)Cc2ccccc2)cc1. The van der Waals surface area contributed by atoms with Gasteiger partial charge in [0.05, 0.1) is 17.9 Å². The summed E-state index contributed by atoms with van der Waals surface area (Å²) < 4.78 is 33.1. The second kappa shape index (κ2) is 9.51. The van der Waals surface area contributed by atoms with Gasteiger partial charge < -0.3 is 9.64 Å². The van der Waals surface area contributed by atoms with Gasteiger partial charge in [-0.05, 0) is 49.6 Å². The van der Waals surface area contributed by atoms with E-state index in [1.807, 2.05) is 30.3 Å². The van der Waals surface area contributed by atoms with Crippen molar-refractivity contribution in [1.82, 2.24) is 9.62 Å². The van der Waals surface area contributed by atoms with Crippen molar-refractivity contribution in [1.29, 1.82) is 0 Å². The first-order chi connectivity index (χ1) is 14.8. The van der Waals surface area contributed by atoms with Crippen LogP contribution in [-0.4, -0.2) is 43.8 Å². The van der Waals surface area contributed by atoms with Crippen LogP contribution in [0.2, 0.25) is 0 Å². The molecular formula is C23H28N2O5S. The highest BCUT2D eigenvalue weighted by Crippen LogP contribution is 2.32. The Hall–Kier alpha value is -2.87. The molecule has 0 aromatic heterocycles. The first-order valence-corrected chi connectivity index (χ1v) is 11.9. The molecule has 1 atom stereocenters. The molecule has 1 fully saturated rings. The number of hydrogen-bond donors (Lipinski definition) is 1. The van der Waals surface area contributed by atoms with E-state index in [1.54, 1.807) is 19.1 Å². The molecule has 31 heavy (non-hydrogen) atoms. The average Bonchev–Trinajstić information content (AvgIpc) is 2.73. The lowest BCUT2D eigenvalue weighted by molar-refractivity contribution is -0.156.